The Morgan fingerprint density at radius 2 is 1.68 bits per heavy atom. The van der Waals surface area contributed by atoms with Crippen LogP contribution in [-0.4, -0.2) is 19.3 Å². The molecule has 1 heterocycles. The molecule has 7 nitrogen and oxygen atoms in total. The molecule has 2 N–H and O–H groups in total. The molecule has 0 aliphatic heterocycles. The predicted molar refractivity (Wildman–Crippen MR) is 132 cm³/mol. The van der Waals surface area contributed by atoms with Gasteiger partial charge in [0.1, 0.15) is 5.76 Å². The van der Waals surface area contributed by atoms with Crippen LogP contribution >= 0.6 is 0 Å². The molecule has 0 aliphatic carbocycles. The van der Waals surface area contributed by atoms with E-state index in [0.29, 0.717) is 34.3 Å². The third-order valence-electron chi connectivity index (χ3n) is 5.27. The van der Waals surface area contributed by atoms with Gasteiger partial charge in [0.2, 0.25) is 11.8 Å². The number of nitrogens with zero attached hydrogens (tertiary/aromatic N) is 1. The topological polar surface area (TPSA) is 101 Å². The standard InChI is InChI=1S/C26H25N3O4S/c1-17-8-7-11-22(14-17)29-34(31,32)24-15-21(13-12-18(24)2)27-25(30)16-23-19(3)33-26(28-23)20-9-5-4-6-10-20/h4-15,29H,16H2,1-3H3,(H,27,30). The van der Waals surface area contributed by atoms with Crippen LogP contribution in [0.5, 0.6) is 0 Å². The van der Waals surface area contributed by atoms with E-state index >= 15 is 0 Å². The minimum absolute atomic E-state index is 0.000328. The maximum absolute atomic E-state index is 13.0. The van der Waals surface area contributed by atoms with Crippen LogP contribution in [0.2, 0.25) is 0 Å². The summed E-state index contributed by atoms with van der Waals surface area (Å²) in [5.74, 6) is 0.685. The van der Waals surface area contributed by atoms with Crippen LogP contribution in [0.25, 0.3) is 11.5 Å². The summed E-state index contributed by atoms with van der Waals surface area (Å²) in [5.41, 5.74) is 3.72. The minimum atomic E-state index is -3.84. The van der Waals surface area contributed by atoms with Crippen molar-refractivity contribution < 1.29 is 17.6 Å². The van der Waals surface area contributed by atoms with Crippen LogP contribution in [-0.2, 0) is 21.2 Å². The molecule has 0 bridgehead atoms. The molecule has 1 aromatic heterocycles. The van der Waals surface area contributed by atoms with Gasteiger partial charge in [0.25, 0.3) is 10.0 Å². The van der Waals surface area contributed by atoms with E-state index in [1.807, 2.05) is 43.3 Å². The van der Waals surface area contributed by atoms with Crippen molar-refractivity contribution in [2.75, 3.05) is 10.0 Å². The molecule has 4 rings (SSSR count). The first-order valence-corrected chi connectivity index (χ1v) is 12.2. The third kappa shape index (κ3) is 5.35. The normalized spacial score (nSPS) is 11.3. The quantitative estimate of drug-likeness (QED) is 0.380. The van der Waals surface area contributed by atoms with E-state index in [2.05, 4.69) is 15.0 Å². The molecular formula is C26H25N3O4S. The molecule has 174 valence electrons. The Morgan fingerprint density at radius 1 is 0.912 bits per heavy atom. The second-order valence-corrected chi connectivity index (χ2v) is 9.72. The van der Waals surface area contributed by atoms with Crippen LogP contribution in [0.4, 0.5) is 11.4 Å². The smallest absolute Gasteiger partial charge is 0.262 e. The fraction of sp³-hybridized carbons (Fsp3) is 0.154. The van der Waals surface area contributed by atoms with Gasteiger partial charge >= 0.3 is 0 Å². The number of oxazole rings is 1. The molecule has 0 radical (unpaired) electrons. The number of nitrogens with one attached hydrogen (secondary N) is 2. The van der Waals surface area contributed by atoms with Crippen LogP contribution in [0.1, 0.15) is 22.6 Å². The molecule has 0 saturated heterocycles. The van der Waals surface area contributed by atoms with Crippen molar-refractivity contribution >= 4 is 27.3 Å². The van der Waals surface area contributed by atoms with Gasteiger partial charge in [-0.05, 0) is 68.3 Å². The number of carbonyl (C=O) groups excluding carboxylic acids is 1. The van der Waals surface area contributed by atoms with Crippen molar-refractivity contribution in [1.82, 2.24) is 4.98 Å². The summed E-state index contributed by atoms with van der Waals surface area (Å²) in [6.45, 7) is 5.36. The monoisotopic (exact) mass is 475 g/mol. The van der Waals surface area contributed by atoms with Crippen molar-refractivity contribution in [3.05, 3.63) is 95.4 Å². The summed E-state index contributed by atoms with van der Waals surface area (Å²) in [5, 5.41) is 2.77. The van der Waals surface area contributed by atoms with Gasteiger partial charge in [-0.15, -0.1) is 0 Å². The van der Waals surface area contributed by atoms with E-state index in [1.165, 1.54) is 6.07 Å². The van der Waals surface area contributed by atoms with E-state index in [9.17, 15) is 13.2 Å². The summed E-state index contributed by atoms with van der Waals surface area (Å²) >= 11 is 0. The molecular weight excluding hydrogens is 450 g/mol. The number of rotatable bonds is 7. The Bertz CT molecular complexity index is 1440. The average molecular weight is 476 g/mol. The third-order valence-corrected chi connectivity index (χ3v) is 6.80. The van der Waals surface area contributed by atoms with E-state index < -0.39 is 10.0 Å². The van der Waals surface area contributed by atoms with Crippen LogP contribution in [0, 0.1) is 20.8 Å². The van der Waals surface area contributed by atoms with E-state index in [1.54, 1.807) is 44.2 Å². The molecule has 0 unspecified atom stereocenters. The highest BCUT2D eigenvalue weighted by atomic mass is 32.2. The van der Waals surface area contributed by atoms with Gasteiger partial charge in [-0.1, -0.05) is 36.4 Å². The Balaban J connectivity index is 1.50. The molecule has 1 amide bonds. The Hall–Kier alpha value is -3.91. The van der Waals surface area contributed by atoms with Gasteiger partial charge in [-0.2, -0.15) is 0 Å². The van der Waals surface area contributed by atoms with Crippen molar-refractivity contribution in [3.63, 3.8) is 0 Å². The second kappa shape index (κ2) is 9.52. The largest absolute Gasteiger partial charge is 0.441 e. The summed E-state index contributed by atoms with van der Waals surface area (Å²) < 4.78 is 34.3. The number of amides is 1. The highest BCUT2D eigenvalue weighted by molar-refractivity contribution is 7.92. The molecule has 8 heteroatoms. The zero-order valence-corrected chi connectivity index (χ0v) is 19.9. The summed E-state index contributed by atoms with van der Waals surface area (Å²) in [6.07, 6.45) is -0.000328. The molecule has 0 aliphatic rings. The van der Waals surface area contributed by atoms with E-state index in [-0.39, 0.29) is 17.2 Å². The Kier molecular flexibility index (Phi) is 6.51. The first-order valence-electron chi connectivity index (χ1n) is 10.7. The number of aryl methyl sites for hydroxylation is 3. The Morgan fingerprint density at radius 3 is 2.41 bits per heavy atom. The van der Waals surface area contributed by atoms with Gasteiger partial charge in [0, 0.05) is 16.9 Å². The van der Waals surface area contributed by atoms with E-state index in [4.69, 9.17) is 4.42 Å². The fourth-order valence-corrected chi connectivity index (χ4v) is 4.86. The first kappa shape index (κ1) is 23.3. The number of anilines is 2. The first-order chi connectivity index (χ1) is 16.2. The fourth-order valence-electron chi connectivity index (χ4n) is 3.54. The minimum Gasteiger partial charge on any atom is -0.441 e. The SMILES string of the molecule is Cc1cccc(NS(=O)(=O)c2cc(NC(=O)Cc3nc(-c4ccccc4)oc3C)ccc2C)c1. The highest BCUT2D eigenvalue weighted by Crippen LogP contribution is 2.25. The molecule has 0 saturated carbocycles. The van der Waals surface area contributed by atoms with E-state index in [0.717, 1.165) is 11.1 Å². The number of benzene rings is 3. The van der Waals surface area contributed by atoms with Gasteiger partial charge in [-0.25, -0.2) is 13.4 Å². The highest BCUT2D eigenvalue weighted by Gasteiger charge is 2.19. The van der Waals surface area contributed by atoms with Crippen molar-refractivity contribution in [2.24, 2.45) is 0 Å². The van der Waals surface area contributed by atoms with Crippen molar-refractivity contribution in [1.29, 1.82) is 0 Å². The molecule has 4 aromatic rings. The molecule has 0 spiro atoms. The number of sulfonamides is 1. The number of hydrogen-bond acceptors (Lipinski definition) is 5. The second-order valence-electron chi connectivity index (χ2n) is 8.07. The molecule has 34 heavy (non-hydrogen) atoms. The zero-order chi connectivity index (χ0) is 24.3. The maximum Gasteiger partial charge on any atom is 0.262 e. The molecule has 0 atom stereocenters. The summed E-state index contributed by atoms with van der Waals surface area (Å²) in [6, 6.07) is 21.3. The van der Waals surface area contributed by atoms with Gasteiger partial charge in [-0.3, -0.25) is 9.52 Å². The van der Waals surface area contributed by atoms with Crippen molar-refractivity contribution in [2.45, 2.75) is 32.1 Å². The number of carbonyl (C=O) groups is 1. The molecule has 3 aromatic carbocycles. The number of hydrogen-bond donors (Lipinski definition) is 2. The summed E-state index contributed by atoms with van der Waals surface area (Å²) in [4.78, 5) is 17.2. The zero-order valence-electron chi connectivity index (χ0n) is 19.1. The lowest BCUT2D eigenvalue weighted by atomic mass is 10.2. The molecule has 0 fully saturated rings. The lowest BCUT2D eigenvalue weighted by Gasteiger charge is -2.13. The average Bonchev–Trinajstić information content (AvgIpc) is 3.15. The van der Waals surface area contributed by atoms with Crippen molar-refractivity contribution in [3.8, 4) is 11.5 Å². The lowest BCUT2D eigenvalue weighted by Crippen LogP contribution is -2.17. The number of aromatic nitrogens is 1. The lowest BCUT2D eigenvalue weighted by molar-refractivity contribution is -0.115. The van der Waals surface area contributed by atoms with Gasteiger partial charge < -0.3 is 9.73 Å². The van der Waals surface area contributed by atoms with Crippen LogP contribution < -0.4 is 10.0 Å². The van der Waals surface area contributed by atoms with Crippen LogP contribution in [0.3, 0.4) is 0 Å². The van der Waals surface area contributed by atoms with Gasteiger partial charge in [0.15, 0.2) is 0 Å². The predicted octanol–water partition coefficient (Wildman–Crippen LogP) is 5.25. The Labute approximate surface area is 198 Å². The summed E-state index contributed by atoms with van der Waals surface area (Å²) in [7, 11) is -3.84. The van der Waals surface area contributed by atoms with Gasteiger partial charge in [0.05, 0.1) is 17.0 Å². The van der Waals surface area contributed by atoms with Crippen LogP contribution in [0.15, 0.2) is 82.1 Å². The maximum atomic E-state index is 13.0.